The number of allylic oxidation sites excluding steroid dienone is 8. The van der Waals surface area contributed by atoms with Gasteiger partial charge in [0.15, 0.2) is 0 Å². The molecule has 0 spiro atoms. The predicted molar refractivity (Wildman–Crippen MR) is 135 cm³/mol. The molecule has 0 nitrogen and oxygen atoms in total. The molecule has 2 aliphatic carbocycles. The van der Waals surface area contributed by atoms with Gasteiger partial charge in [0.25, 0.3) is 0 Å². The van der Waals surface area contributed by atoms with Gasteiger partial charge >= 0.3 is 99.2 Å². The van der Waals surface area contributed by atoms with Crippen molar-refractivity contribution in [3.05, 3.63) is 118 Å². The molecule has 2 aliphatic rings. The molecule has 3 heteroatoms. The van der Waals surface area contributed by atoms with Crippen LogP contribution in [0.1, 0.15) is 70.9 Å². The maximum absolute atomic E-state index is 3.88. The fraction of sp³-hybridized carbons (Fsp3) is 0.323. The van der Waals surface area contributed by atoms with E-state index in [1.54, 1.807) is 11.1 Å². The van der Waals surface area contributed by atoms with Crippen LogP contribution in [0.25, 0.3) is 0 Å². The normalized spacial score (nSPS) is 15.5. The van der Waals surface area contributed by atoms with Crippen molar-refractivity contribution >= 4 is 3.21 Å². The molecule has 0 atom stereocenters. The van der Waals surface area contributed by atoms with Gasteiger partial charge in [-0.3, -0.25) is 0 Å². The SMILES string of the molecule is CCC1=C(CC)C(CC)(CC)[C-]=C1C1=CC=CC1.[Cl-].[Cl-].[Zr+2]=[C](c1ccccc1)c1ccccc1. The zero-order chi connectivity index (χ0) is 23.0. The molecular weight excluding hydrogens is 534 g/mol. The molecular formula is C31H35Cl2Zr-. The van der Waals surface area contributed by atoms with Gasteiger partial charge in [0, 0.05) is 0 Å². The molecule has 0 amide bonds. The summed E-state index contributed by atoms with van der Waals surface area (Å²) in [7, 11) is 0. The van der Waals surface area contributed by atoms with Crippen LogP contribution in [0.3, 0.4) is 0 Å². The molecule has 0 bridgehead atoms. The Hall–Kier alpha value is -1.27. The van der Waals surface area contributed by atoms with E-state index in [1.807, 2.05) is 0 Å². The fourth-order valence-corrected chi connectivity index (χ4v) is 5.73. The number of hydrogen-bond donors (Lipinski definition) is 0. The summed E-state index contributed by atoms with van der Waals surface area (Å²) in [5.41, 5.74) is 9.02. The zero-order valence-corrected chi connectivity index (χ0v) is 24.8. The van der Waals surface area contributed by atoms with Crippen LogP contribution < -0.4 is 24.8 Å². The third-order valence-corrected chi connectivity index (χ3v) is 8.16. The zero-order valence-electron chi connectivity index (χ0n) is 20.8. The fourth-order valence-electron chi connectivity index (χ4n) is 4.91. The average Bonchev–Trinajstić information content (AvgIpc) is 3.51. The molecule has 0 unspecified atom stereocenters. The van der Waals surface area contributed by atoms with Gasteiger partial charge in [0.1, 0.15) is 0 Å². The van der Waals surface area contributed by atoms with Crippen molar-refractivity contribution in [3.63, 3.8) is 0 Å². The van der Waals surface area contributed by atoms with E-state index in [4.69, 9.17) is 0 Å². The Labute approximate surface area is 234 Å². The predicted octanol–water partition coefficient (Wildman–Crippen LogP) is 2.35. The molecule has 0 N–H and O–H groups in total. The van der Waals surface area contributed by atoms with Crippen molar-refractivity contribution in [2.45, 2.75) is 59.8 Å². The van der Waals surface area contributed by atoms with Crippen molar-refractivity contribution in [1.82, 2.24) is 0 Å². The van der Waals surface area contributed by atoms with Crippen LogP contribution in [0.5, 0.6) is 0 Å². The summed E-state index contributed by atoms with van der Waals surface area (Å²) in [6.07, 6.45) is 16.3. The number of hydrogen-bond acceptors (Lipinski definition) is 0. The van der Waals surface area contributed by atoms with Gasteiger partial charge < -0.3 is 24.8 Å². The quantitative estimate of drug-likeness (QED) is 0.450. The number of benzene rings is 2. The van der Waals surface area contributed by atoms with Crippen LogP contribution in [0.15, 0.2) is 101 Å². The first-order chi connectivity index (χ1) is 15.6. The standard InChI is InChI=1S/C18H25.C13H10.2ClH.Zr/c1-5-15-16(14-11-9-10-12-14)13-18(7-3,8-4)17(15)6-2;1-3-7-12(8-4-1)11-13-9-5-2-6-10-13;;;/h9-11H,5-8,12H2,1-4H3;1-10H;2*1H;/q-1;;;;+2/p-2. The van der Waals surface area contributed by atoms with Crippen LogP contribution in [0.2, 0.25) is 0 Å². The monoisotopic (exact) mass is 567 g/mol. The summed E-state index contributed by atoms with van der Waals surface area (Å²) in [4.78, 5) is 0. The third-order valence-electron chi connectivity index (χ3n) is 6.74. The molecule has 0 aliphatic heterocycles. The van der Waals surface area contributed by atoms with Crippen molar-refractivity contribution in [3.8, 4) is 0 Å². The first kappa shape index (κ1) is 30.8. The Bertz CT molecular complexity index is 998. The van der Waals surface area contributed by atoms with Gasteiger partial charge in [-0.1, -0.05) is 70.9 Å². The van der Waals surface area contributed by atoms with E-state index in [1.165, 1.54) is 69.0 Å². The summed E-state index contributed by atoms with van der Waals surface area (Å²) in [5, 5.41) is 0. The molecule has 2 aromatic carbocycles. The molecule has 0 saturated carbocycles. The third kappa shape index (κ3) is 6.90. The second-order valence-electron chi connectivity index (χ2n) is 8.38. The minimum atomic E-state index is 0. The van der Waals surface area contributed by atoms with Gasteiger partial charge in [-0.15, -0.1) is 22.8 Å². The van der Waals surface area contributed by atoms with E-state index in [9.17, 15) is 0 Å². The van der Waals surface area contributed by atoms with Crippen LogP contribution in [0, 0.1) is 11.5 Å². The van der Waals surface area contributed by atoms with E-state index in [0.717, 1.165) is 12.8 Å². The van der Waals surface area contributed by atoms with Crippen LogP contribution >= 0.6 is 0 Å². The summed E-state index contributed by atoms with van der Waals surface area (Å²) in [6.45, 7) is 9.21. The van der Waals surface area contributed by atoms with Gasteiger partial charge in [-0.05, 0) is 6.42 Å². The molecule has 0 fully saturated rings. The minimum absolute atomic E-state index is 0. The molecule has 34 heavy (non-hydrogen) atoms. The van der Waals surface area contributed by atoms with Gasteiger partial charge in [-0.25, -0.2) is 0 Å². The second kappa shape index (κ2) is 15.0. The Morgan fingerprint density at radius 3 is 1.74 bits per heavy atom. The van der Waals surface area contributed by atoms with E-state index in [-0.39, 0.29) is 30.2 Å². The number of rotatable bonds is 7. The summed E-state index contributed by atoms with van der Waals surface area (Å²) >= 11 is 1.46. The number of halogens is 2. The summed E-state index contributed by atoms with van der Waals surface area (Å²) in [5.74, 6) is 0. The Balaban J connectivity index is 0.000000329. The van der Waals surface area contributed by atoms with Gasteiger partial charge in [0.05, 0.1) is 0 Å². The van der Waals surface area contributed by atoms with Crippen molar-refractivity contribution in [2.75, 3.05) is 0 Å². The van der Waals surface area contributed by atoms with E-state index in [2.05, 4.69) is 113 Å². The molecule has 0 aromatic heterocycles. The molecule has 0 radical (unpaired) electrons. The van der Waals surface area contributed by atoms with Crippen molar-refractivity contribution < 1.29 is 49.0 Å². The van der Waals surface area contributed by atoms with E-state index in [0.29, 0.717) is 0 Å². The molecule has 0 saturated heterocycles. The topological polar surface area (TPSA) is 0 Å². The maximum atomic E-state index is 3.88. The summed E-state index contributed by atoms with van der Waals surface area (Å²) < 4.78 is 1.42. The van der Waals surface area contributed by atoms with Gasteiger partial charge in [-0.2, -0.15) is 11.6 Å². The van der Waals surface area contributed by atoms with Gasteiger partial charge in [0.2, 0.25) is 0 Å². The Kier molecular flexibility index (Phi) is 13.6. The Morgan fingerprint density at radius 2 is 1.35 bits per heavy atom. The van der Waals surface area contributed by atoms with Crippen LogP contribution in [-0.4, -0.2) is 3.21 Å². The van der Waals surface area contributed by atoms with Crippen molar-refractivity contribution in [2.24, 2.45) is 5.41 Å². The molecule has 178 valence electrons. The average molecular weight is 570 g/mol. The molecule has 2 aromatic rings. The second-order valence-corrected chi connectivity index (χ2v) is 9.61. The van der Waals surface area contributed by atoms with Crippen LogP contribution in [0.4, 0.5) is 0 Å². The Morgan fingerprint density at radius 1 is 0.824 bits per heavy atom. The van der Waals surface area contributed by atoms with E-state index >= 15 is 0 Å². The molecule has 4 rings (SSSR count). The van der Waals surface area contributed by atoms with E-state index < -0.39 is 0 Å². The van der Waals surface area contributed by atoms with Crippen LogP contribution in [-0.2, 0) is 24.2 Å². The first-order valence-electron chi connectivity index (χ1n) is 12.0. The van der Waals surface area contributed by atoms with Crippen molar-refractivity contribution in [1.29, 1.82) is 0 Å². The molecule has 0 heterocycles. The first-order valence-corrected chi connectivity index (χ1v) is 13.3. The summed E-state index contributed by atoms with van der Waals surface area (Å²) in [6, 6.07) is 21.1.